The monoisotopic (exact) mass is 183 g/mol. The first-order valence-corrected chi connectivity index (χ1v) is 5.28. The lowest BCUT2D eigenvalue weighted by Crippen LogP contribution is -2.41. The third-order valence-electron chi connectivity index (χ3n) is 2.59. The van der Waals surface area contributed by atoms with E-state index in [-0.39, 0.29) is 0 Å². The zero-order chi connectivity index (χ0) is 9.52. The summed E-state index contributed by atoms with van der Waals surface area (Å²) < 4.78 is 0. The van der Waals surface area contributed by atoms with Gasteiger partial charge in [0.05, 0.1) is 0 Å². The summed E-state index contributed by atoms with van der Waals surface area (Å²) >= 11 is 0. The van der Waals surface area contributed by atoms with Crippen molar-refractivity contribution in [2.75, 3.05) is 27.2 Å². The Balaban J connectivity index is 2.44. The van der Waals surface area contributed by atoms with E-state index in [4.69, 9.17) is 0 Å². The molecule has 0 amide bonds. The van der Waals surface area contributed by atoms with Crippen molar-refractivity contribution in [3.8, 4) is 0 Å². The molecule has 1 N–H and O–H groups in total. The Labute approximate surface area is 81.2 Å². The molecule has 0 aliphatic carbocycles. The van der Waals surface area contributed by atoms with Crippen LogP contribution >= 0.6 is 0 Å². The Morgan fingerprint density at radius 3 is 2.08 bits per heavy atom. The molecule has 1 aliphatic rings. The Morgan fingerprint density at radius 2 is 1.62 bits per heavy atom. The number of likely N-dealkylation sites (tertiary alicyclic amines) is 1. The smallest absolute Gasteiger partial charge is 0.193 e. The van der Waals surface area contributed by atoms with Crippen LogP contribution in [0.1, 0.15) is 32.1 Å². The summed E-state index contributed by atoms with van der Waals surface area (Å²) in [5.41, 5.74) is 0. The van der Waals surface area contributed by atoms with Gasteiger partial charge < -0.3 is 10.2 Å². The highest BCUT2D eigenvalue weighted by atomic mass is 15.3. The zero-order valence-corrected chi connectivity index (χ0v) is 8.84. The molecule has 1 aliphatic heterocycles. The Morgan fingerprint density at radius 1 is 1.08 bits per heavy atom. The van der Waals surface area contributed by atoms with Crippen LogP contribution in [0.2, 0.25) is 0 Å². The topological polar surface area (TPSA) is 27.6 Å². The molecule has 0 aromatic heterocycles. The molecule has 1 saturated heterocycles. The number of guanidine groups is 1. The lowest BCUT2D eigenvalue weighted by atomic mass is 10.1. The van der Waals surface area contributed by atoms with Gasteiger partial charge in [0.1, 0.15) is 0 Å². The number of aliphatic imine (C=N–C) groups is 1. The fraction of sp³-hybridized carbons (Fsp3) is 0.900. The quantitative estimate of drug-likeness (QED) is 0.455. The van der Waals surface area contributed by atoms with Crippen LogP contribution in [0.4, 0.5) is 0 Å². The molecule has 0 bridgehead atoms. The first-order valence-electron chi connectivity index (χ1n) is 5.28. The van der Waals surface area contributed by atoms with Crippen LogP contribution in [0.15, 0.2) is 4.99 Å². The molecular weight excluding hydrogens is 162 g/mol. The largest absolute Gasteiger partial charge is 0.359 e. The van der Waals surface area contributed by atoms with Gasteiger partial charge >= 0.3 is 0 Å². The van der Waals surface area contributed by atoms with E-state index >= 15 is 0 Å². The van der Waals surface area contributed by atoms with Crippen molar-refractivity contribution in [3.63, 3.8) is 0 Å². The van der Waals surface area contributed by atoms with Gasteiger partial charge in [0.25, 0.3) is 0 Å². The van der Waals surface area contributed by atoms with E-state index in [0.29, 0.717) is 0 Å². The lowest BCUT2D eigenvalue weighted by molar-refractivity contribution is 0.353. The van der Waals surface area contributed by atoms with Gasteiger partial charge in [0, 0.05) is 27.2 Å². The fourth-order valence-electron chi connectivity index (χ4n) is 1.87. The molecule has 3 nitrogen and oxygen atoms in total. The highest BCUT2D eigenvalue weighted by molar-refractivity contribution is 5.79. The highest BCUT2D eigenvalue weighted by Crippen LogP contribution is 2.10. The molecule has 13 heavy (non-hydrogen) atoms. The van der Waals surface area contributed by atoms with Gasteiger partial charge in [-0.1, -0.05) is 19.3 Å². The molecule has 1 fully saturated rings. The maximum absolute atomic E-state index is 4.23. The molecule has 0 atom stereocenters. The maximum atomic E-state index is 4.23. The summed E-state index contributed by atoms with van der Waals surface area (Å²) in [4.78, 5) is 6.59. The van der Waals surface area contributed by atoms with Gasteiger partial charge in [-0.05, 0) is 12.8 Å². The minimum Gasteiger partial charge on any atom is -0.359 e. The predicted octanol–water partition coefficient (Wildman–Crippen LogP) is 1.46. The highest BCUT2D eigenvalue weighted by Gasteiger charge is 2.10. The summed E-state index contributed by atoms with van der Waals surface area (Å²) in [5.74, 6) is 1.04. The van der Waals surface area contributed by atoms with Gasteiger partial charge in [-0.15, -0.1) is 0 Å². The minimum absolute atomic E-state index is 1.04. The molecule has 0 unspecified atom stereocenters. The van der Waals surface area contributed by atoms with E-state index in [1.165, 1.54) is 32.1 Å². The molecule has 0 radical (unpaired) electrons. The lowest BCUT2D eigenvalue weighted by Gasteiger charge is -2.27. The van der Waals surface area contributed by atoms with Crippen molar-refractivity contribution in [2.24, 2.45) is 4.99 Å². The predicted molar refractivity (Wildman–Crippen MR) is 57.1 cm³/mol. The van der Waals surface area contributed by atoms with Crippen molar-refractivity contribution in [2.45, 2.75) is 32.1 Å². The second kappa shape index (κ2) is 5.84. The van der Waals surface area contributed by atoms with Crippen LogP contribution in [0.3, 0.4) is 0 Å². The van der Waals surface area contributed by atoms with Gasteiger partial charge in [-0.3, -0.25) is 4.99 Å². The molecule has 0 aromatic rings. The molecule has 0 saturated carbocycles. The minimum atomic E-state index is 1.04. The zero-order valence-electron chi connectivity index (χ0n) is 8.84. The summed E-state index contributed by atoms with van der Waals surface area (Å²) in [6, 6.07) is 0. The van der Waals surface area contributed by atoms with Crippen molar-refractivity contribution >= 4 is 5.96 Å². The average Bonchev–Trinajstić information content (AvgIpc) is 2.09. The van der Waals surface area contributed by atoms with Crippen molar-refractivity contribution < 1.29 is 0 Å². The van der Waals surface area contributed by atoms with E-state index in [0.717, 1.165) is 19.0 Å². The first-order chi connectivity index (χ1) is 6.38. The molecule has 76 valence electrons. The molecule has 1 heterocycles. The first kappa shape index (κ1) is 10.4. The van der Waals surface area contributed by atoms with Crippen molar-refractivity contribution in [1.29, 1.82) is 0 Å². The number of hydrogen-bond donors (Lipinski definition) is 1. The number of nitrogens with zero attached hydrogens (tertiary/aromatic N) is 2. The van der Waals surface area contributed by atoms with Crippen LogP contribution in [-0.2, 0) is 0 Å². The van der Waals surface area contributed by atoms with E-state index in [1.54, 1.807) is 0 Å². The van der Waals surface area contributed by atoms with Crippen LogP contribution < -0.4 is 5.32 Å². The molecule has 1 rings (SSSR count). The van der Waals surface area contributed by atoms with Crippen LogP contribution in [0, 0.1) is 0 Å². The van der Waals surface area contributed by atoms with Gasteiger partial charge in [0.15, 0.2) is 5.96 Å². The third kappa shape index (κ3) is 3.25. The Kier molecular flexibility index (Phi) is 4.65. The normalized spacial score (nSPS) is 20.8. The van der Waals surface area contributed by atoms with Crippen molar-refractivity contribution in [1.82, 2.24) is 10.2 Å². The van der Waals surface area contributed by atoms with Crippen LogP contribution in [-0.4, -0.2) is 38.0 Å². The van der Waals surface area contributed by atoms with E-state index in [2.05, 4.69) is 15.2 Å². The van der Waals surface area contributed by atoms with Gasteiger partial charge in [-0.25, -0.2) is 0 Å². The molecule has 3 heteroatoms. The van der Waals surface area contributed by atoms with Crippen molar-refractivity contribution in [3.05, 3.63) is 0 Å². The summed E-state index contributed by atoms with van der Waals surface area (Å²) in [6.07, 6.45) is 6.77. The van der Waals surface area contributed by atoms with E-state index < -0.39 is 0 Å². The summed E-state index contributed by atoms with van der Waals surface area (Å²) in [5, 5.41) is 3.15. The van der Waals surface area contributed by atoms with Gasteiger partial charge in [0.2, 0.25) is 0 Å². The second-order valence-corrected chi connectivity index (χ2v) is 3.55. The average molecular weight is 183 g/mol. The number of hydrogen-bond acceptors (Lipinski definition) is 1. The summed E-state index contributed by atoms with van der Waals surface area (Å²) in [7, 11) is 3.80. The van der Waals surface area contributed by atoms with E-state index in [1.807, 2.05) is 14.1 Å². The summed E-state index contributed by atoms with van der Waals surface area (Å²) in [6.45, 7) is 2.32. The fourth-order valence-corrected chi connectivity index (χ4v) is 1.87. The standard InChI is InChI=1S/C10H21N3/c1-11-10(12-2)13-8-6-4-3-5-7-9-13/h3-9H2,1-2H3,(H,11,12). The SMILES string of the molecule is CN=C(NC)N1CCCCCCC1. The molecule has 0 spiro atoms. The molecule has 0 aromatic carbocycles. The van der Waals surface area contributed by atoms with Crippen LogP contribution in [0.25, 0.3) is 0 Å². The molecular formula is C10H21N3. The number of rotatable bonds is 0. The van der Waals surface area contributed by atoms with E-state index in [9.17, 15) is 0 Å². The third-order valence-corrected chi connectivity index (χ3v) is 2.59. The Bertz CT molecular complexity index is 158. The Hall–Kier alpha value is -0.730. The van der Waals surface area contributed by atoms with Gasteiger partial charge in [-0.2, -0.15) is 0 Å². The maximum Gasteiger partial charge on any atom is 0.193 e. The number of nitrogens with one attached hydrogen (secondary N) is 1. The second-order valence-electron chi connectivity index (χ2n) is 3.55. The van der Waals surface area contributed by atoms with Crippen LogP contribution in [0.5, 0.6) is 0 Å².